The minimum Gasteiger partial charge on any atom is -0.456 e. The van der Waals surface area contributed by atoms with E-state index in [1.807, 2.05) is 0 Å². The van der Waals surface area contributed by atoms with E-state index in [2.05, 4.69) is 10.3 Å². The van der Waals surface area contributed by atoms with E-state index in [9.17, 15) is 14.4 Å². The number of carbonyl (C=O) groups is 1. The predicted molar refractivity (Wildman–Crippen MR) is 118 cm³/mol. The quantitative estimate of drug-likeness (QED) is 0.529. The fourth-order valence-electron chi connectivity index (χ4n) is 3.07. The summed E-state index contributed by atoms with van der Waals surface area (Å²) in [4.78, 5) is 41.1. The summed E-state index contributed by atoms with van der Waals surface area (Å²) in [6, 6.07) is 14.8. The maximum atomic E-state index is 12.6. The molecule has 0 saturated carbocycles. The van der Waals surface area contributed by atoms with E-state index >= 15 is 0 Å². The number of aryl methyl sites for hydroxylation is 1. The molecule has 0 aliphatic carbocycles. The number of rotatable bonds is 4. The number of aromatic nitrogens is 3. The first kappa shape index (κ1) is 20.4. The van der Waals surface area contributed by atoms with E-state index in [4.69, 9.17) is 16.3 Å². The maximum Gasteiger partial charge on any atom is 0.330 e. The Bertz CT molecular complexity index is 1410. The second-order valence-corrected chi connectivity index (χ2v) is 7.26. The molecule has 0 saturated heterocycles. The van der Waals surface area contributed by atoms with Crippen molar-refractivity contribution in [3.63, 3.8) is 0 Å². The summed E-state index contributed by atoms with van der Waals surface area (Å²) in [6.07, 6.45) is 1.44. The summed E-state index contributed by atoms with van der Waals surface area (Å²) in [7, 11) is 2.99. The number of carbonyl (C=O) groups excluding carboxylic acids is 1. The molecule has 0 bridgehead atoms. The number of benzene rings is 2. The summed E-state index contributed by atoms with van der Waals surface area (Å²) in [6.45, 7) is 0. The SMILES string of the molecule is Cn1c(=O)c2ccc(NC(=O)c3ccc(Oc4ccc(Cl)cc4)cn3)cc2n(C)c1=O. The largest absolute Gasteiger partial charge is 0.456 e. The third-order valence-corrected chi connectivity index (χ3v) is 5.00. The topological polar surface area (TPSA) is 95.2 Å². The van der Waals surface area contributed by atoms with Crippen molar-refractivity contribution in [2.45, 2.75) is 0 Å². The molecule has 4 aromatic rings. The van der Waals surface area contributed by atoms with Crippen LogP contribution in [-0.2, 0) is 14.1 Å². The van der Waals surface area contributed by atoms with Crippen LogP contribution in [0.4, 0.5) is 5.69 Å². The molecule has 1 amide bonds. The van der Waals surface area contributed by atoms with Crippen molar-refractivity contribution in [3.05, 3.63) is 92.3 Å². The summed E-state index contributed by atoms with van der Waals surface area (Å²) in [5.74, 6) is 0.623. The maximum absolute atomic E-state index is 12.6. The molecule has 4 rings (SSSR count). The van der Waals surface area contributed by atoms with Crippen molar-refractivity contribution in [2.75, 3.05) is 5.32 Å². The summed E-state index contributed by atoms with van der Waals surface area (Å²) < 4.78 is 8.06. The van der Waals surface area contributed by atoms with Gasteiger partial charge in [-0.3, -0.25) is 18.7 Å². The lowest BCUT2D eigenvalue weighted by Crippen LogP contribution is -2.36. The summed E-state index contributed by atoms with van der Waals surface area (Å²) in [5.41, 5.74) is 0.198. The minimum atomic E-state index is -0.445. The molecule has 0 aliphatic rings. The monoisotopic (exact) mass is 436 g/mol. The Labute approximate surface area is 181 Å². The molecular weight excluding hydrogens is 420 g/mol. The molecule has 9 heteroatoms. The molecule has 0 fully saturated rings. The molecular formula is C22H17ClN4O4. The average Bonchev–Trinajstić information content (AvgIpc) is 2.78. The lowest BCUT2D eigenvalue weighted by Gasteiger charge is -2.10. The van der Waals surface area contributed by atoms with Crippen LogP contribution >= 0.6 is 11.6 Å². The van der Waals surface area contributed by atoms with Gasteiger partial charge in [0.2, 0.25) is 0 Å². The van der Waals surface area contributed by atoms with Crippen LogP contribution in [0.2, 0.25) is 5.02 Å². The number of hydrogen-bond donors (Lipinski definition) is 1. The van der Waals surface area contributed by atoms with Gasteiger partial charge in [0.1, 0.15) is 17.2 Å². The molecule has 1 N–H and O–H groups in total. The van der Waals surface area contributed by atoms with Crippen molar-refractivity contribution in [3.8, 4) is 11.5 Å². The third kappa shape index (κ3) is 4.06. The Morgan fingerprint density at radius 2 is 1.68 bits per heavy atom. The molecule has 8 nitrogen and oxygen atoms in total. The Kier molecular flexibility index (Phi) is 5.31. The normalized spacial score (nSPS) is 10.8. The highest BCUT2D eigenvalue weighted by molar-refractivity contribution is 6.30. The number of fused-ring (bicyclic) bond motifs is 1. The highest BCUT2D eigenvalue weighted by Gasteiger charge is 2.12. The molecule has 2 heterocycles. The predicted octanol–water partition coefficient (Wildman–Crippen LogP) is 3.33. The van der Waals surface area contributed by atoms with Gasteiger partial charge in [0, 0.05) is 24.8 Å². The van der Waals surface area contributed by atoms with Crippen molar-refractivity contribution < 1.29 is 9.53 Å². The van der Waals surface area contributed by atoms with Gasteiger partial charge in [-0.15, -0.1) is 0 Å². The van der Waals surface area contributed by atoms with Crippen LogP contribution in [0.1, 0.15) is 10.5 Å². The number of amides is 1. The number of halogens is 1. The first-order valence-electron chi connectivity index (χ1n) is 9.24. The average molecular weight is 437 g/mol. The zero-order valence-electron chi connectivity index (χ0n) is 16.6. The fraction of sp³-hybridized carbons (Fsp3) is 0.0909. The Hall–Kier alpha value is -3.91. The van der Waals surface area contributed by atoms with E-state index in [1.54, 1.807) is 55.6 Å². The molecule has 31 heavy (non-hydrogen) atoms. The summed E-state index contributed by atoms with van der Waals surface area (Å²) in [5, 5.41) is 3.71. The van der Waals surface area contributed by atoms with Crippen molar-refractivity contribution >= 4 is 34.1 Å². The number of pyridine rings is 1. The molecule has 0 radical (unpaired) electrons. The second-order valence-electron chi connectivity index (χ2n) is 6.83. The van der Waals surface area contributed by atoms with Gasteiger partial charge in [0.25, 0.3) is 11.5 Å². The Morgan fingerprint density at radius 3 is 2.35 bits per heavy atom. The van der Waals surface area contributed by atoms with Crippen LogP contribution in [-0.4, -0.2) is 20.0 Å². The number of nitrogens with one attached hydrogen (secondary N) is 1. The van der Waals surface area contributed by atoms with Crippen LogP contribution in [0.5, 0.6) is 11.5 Å². The van der Waals surface area contributed by atoms with Crippen molar-refractivity contribution in [1.29, 1.82) is 0 Å². The highest BCUT2D eigenvalue weighted by Crippen LogP contribution is 2.23. The van der Waals surface area contributed by atoms with Crippen LogP contribution in [0.15, 0.2) is 70.4 Å². The first-order chi connectivity index (χ1) is 14.8. The molecule has 0 atom stereocenters. The Balaban J connectivity index is 1.54. The van der Waals surface area contributed by atoms with Crippen molar-refractivity contribution in [1.82, 2.24) is 14.1 Å². The standard InChI is InChI=1S/C22H17ClN4O4/c1-26-19-11-14(5-9-17(19)21(29)27(2)22(26)30)25-20(28)18-10-8-16(12-24-18)31-15-6-3-13(23)4-7-15/h3-12H,1-2H3,(H,25,28). The molecule has 2 aromatic carbocycles. The molecule has 0 unspecified atom stereocenters. The number of ether oxygens (including phenoxy) is 1. The van der Waals surface area contributed by atoms with Crippen LogP contribution in [0.3, 0.4) is 0 Å². The van der Waals surface area contributed by atoms with Gasteiger partial charge < -0.3 is 10.1 Å². The lowest BCUT2D eigenvalue weighted by atomic mass is 10.2. The van der Waals surface area contributed by atoms with Gasteiger partial charge in [-0.05, 0) is 54.6 Å². The third-order valence-electron chi connectivity index (χ3n) is 4.74. The van der Waals surface area contributed by atoms with Crippen LogP contribution < -0.4 is 21.3 Å². The van der Waals surface area contributed by atoms with Gasteiger partial charge in [-0.2, -0.15) is 0 Å². The van der Waals surface area contributed by atoms with Gasteiger partial charge in [-0.1, -0.05) is 11.6 Å². The number of hydrogen-bond acceptors (Lipinski definition) is 5. The van der Waals surface area contributed by atoms with Gasteiger partial charge in [-0.25, -0.2) is 9.78 Å². The highest BCUT2D eigenvalue weighted by atomic mass is 35.5. The lowest BCUT2D eigenvalue weighted by molar-refractivity contribution is 0.102. The Morgan fingerprint density at radius 1 is 0.968 bits per heavy atom. The molecule has 2 aromatic heterocycles. The van der Waals surface area contributed by atoms with E-state index in [0.717, 1.165) is 4.57 Å². The second kappa shape index (κ2) is 8.08. The first-order valence-corrected chi connectivity index (χ1v) is 9.62. The van der Waals surface area contributed by atoms with Crippen LogP contribution in [0, 0.1) is 0 Å². The number of anilines is 1. The molecule has 156 valence electrons. The molecule has 0 spiro atoms. The van der Waals surface area contributed by atoms with Gasteiger partial charge >= 0.3 is 5.69 Å². The van der Waals surface area contributed by atoms with Crippen molar-refractivity contribution in [2.24, 2.45) is 14.1 Å². The summed E-state index contributed by atoms with van der Waals surface area (Å²) >= 11 is 5.85. The van der Waals surface area contributed by atoms with Crippen LogP contribution in [0.25, 0.3) is 10.9 Å². The zero-order chi connectivity index (χ0) is 22.1. The zero-order valence-corrected chi connectivity index (χ0v) is 17.4. The van der Waals surface area contributed by atoms with E-state index in [1.165, 1.54) is 23.9 Å². The number of nitrogens with zero attached hydrogens (tertiary/aromatic N) is 3. The van der Waals surface area contributed by atoms with Gasteiger partial charge in [0.05, 0.1) is 17.1 Å². The smallest absolute Gasteiger partial charge is 0.330 e. The van der Waals surface area contributed by atoms with E-state index in [0.29, 0.717) is 33.1 Å². The fourth-order valence-corrected chi connectivity index (χ4v) is 3.20. The van der Waals surface area contributed by atoms with Gasteiger partial charge in [0.15, 0.2) is 0 Å². The van der Waals surface area contributed by atoms with E-state index < -0.39 is 17.2 Å². The minimum absolute atomic E-state index is 0.182. The van der Waals surface area contributed by atoms with E-state index in [-0.39, 0.29) is 5.69 Å². The molecule has 0 aliphatic heterocycles.